The Bertz CT molecular complexity index is 1200. The molecule has 0 aliphatic carbocycles. The summed E-state index contributed by atoms with van der Waals surface area (Å²) >= 11 is 0. The van der Waals surface area contributed by atoms with Crippen molar-refractivity contribution in [2.24, 2.45) is 0 Å². The number of hydrogen-bond acceptors (Lipinski definition) is 7. The maximum absolute atomic E-state index is 14.4. The molecule has 2 aromatic carbocycles. The Labute approximate surface area is 175 Å². The third-order valence-electron chi connectivity index (χ3n) is 5.07. The molecule has 162 valence electrons. The summed E-state index contributed by atoms with van der Waals surface area (Å²) in [5.41, 5.74) is 1.12. The molecule has 10 heteroatoms. The Kier molecular flexibility index (Phi) is 5.92. The molecule has 1 heterocycles. The predicted octanol–water partition coefficient (Wildman–Crippen LogP) is 2.16. The average Bonchev–Trinajstić information content (AvgIpc) is 2.66. The highest BCUT2D eigenvalue weighted by molar-refractivity contribution is 7.91. The number of Topliss-reactive ketones (excluding diaryl/α,β-unsaturated/α-hetero) is 1. The summed E-state index contributed by atoms with van der Waals surface area (Å²) in [4.78, 5) is 15.0. The third kappa shape index (κ3) is 4.65. The summed E-state index contributed by atoms with van der Waals surface area (Å²) in [5.74, 6) is -0.693. The van der Waals surface area contributed by atoms with Crippen LogP contribution in [0.3, 0.4) is 0 Å². The number of piperazine rings is 1. The number of carbonyl (C=O) groups is 1. The van der Waals surface area contributed by atoms with Gasteiger partial charge in [-0.3, -0.25) is 4.79 Å². The molecule has 0 amide bonds. The van der Waals surface area contributed by atoms with E-state index in [2.05, 4.69) is 0 Å². The van der Waals surface area contributed by atoms with Gasteiger partial charge in [0.25, 0.3) is 0 Å². The van der Waals surface area contributed by atoms with E-state index in [4.69, 9.17) is 0 Å². The molecule has 0 unspecified atom stereocenters. The smallest absolute Gasteiger partial charge is 0.177 e. The summed E-state index contributed by atoms with van der Waals surface area (Å²) in [6, 6.07) is 8.46. The number of ketones is 1. The van der Waals surface area contributed by atoms with Gasteiger partial charge in [-0.1, -0.05) is 0 Å². The van der Waals surface area contributed by atoms with Crippen molar-refractivity contribution in [1.29, 1.82) is 0 Å². The molecular weight excluding hydrogens is 431 g/mol. The first-order valence-electron chi connectivity index (χ1n) is 9.22. The van der Waals surface area contributed by atoms with E-state index < -0.39 is 25.5 Å². The van der Waals surface area contributed by atoms with E-state index in [0.29, 0.717) is 43.1 Å². The van der Waals surface area contributed by atoms with Crippen LogP contribution in [0.25, 0.3) is 0 Å². The van der Waals surface area contributed by atoms with Crippen molar-refractivity contribution in [2.75, 3.05) is 48.5 Å². The van der Waals surface area contributed by atoms with Gasteiger partial charge in [0.1, 0.15) is 5.82 Å². The van der Waals surface area contributed by atoms with Crippen molar-refractivity contribution in [2.45, 2.75) is 16.7 Å². The lowest BCUT2D eigenvalue weighted by Gasteiger charge is -2.38. The Morgan fingerprint density at radius 3 is 1.83 bits per heavy atom. The Balaban J connectivity index is 1.85. The maximum atomic E-state index is 14.4. The minimum Gasteiger partial charge on any atom is -0.367 e. The fourth-order valence-corrected chi connectivity index (χ4v) is 5.09. The van der Waals surface area contributed by atoms with Crippen LogP contribution in [0.5, 0.6) is 0 Å². The van der Waals surface area contributed by atoms with Crippen LogP contribution in [0, 0.1) is 5.82 Å². The van der Waals surface area contributed by atoms with Crippen LogP contribution >= 0.6 is 0 Å². The van der Waals surface area contributed by atoms with E-state index in [1.54, 1.807) is 12.1 Å². The number of rotatable bonds is 5. The molecule has 0 N–H and O–H groups in total. The maximum Gasteiger partial charge on any atom is 0.177 e. The SMILES string of the molecule is CC(=O)c1ccc(N2CCN(c3ccc(S(C)(=O)=O)cc3S(C)(=O)=O)CC2)c(F)c1. The van der Waals surface area contributed by atoms with Gasteiger partial charge in [-0.25, -0.2) is 21.2 Å². The predicted molar refractivity (Wildman–Crippen MR) is 113 cm³/mol. The second-order valence-corrected chi connectivity index (χ2v) is 11.4. The molecule has 0 bridgehead atoms. The summed E-state index contributed by atoms with van der Waals surface area (Å²) in [6.45, 7) is 3.10. The molecule has 3 rings (SSSR count). The van der Waals surface area contributed by atoms with Crippen LogP contribution < -0.4 is 9.80 Å². The molecule has 0 aromatic heterocycles. The topological polar surface area (TPSA) is 91.8 Å². The normalized spacial score (nSPS) is 15.3. The Morgan fingerprint density at radius 2 is 1.37 bits per heavy atom. The zero-order chi connectivity index (χ0) is 22.3. The van der Waals surface area contributed by atoms with Gasteiger partial charge in [0.05, 0.1) is 21.2 Å². The van der Waals surface area contributed by atoms with E-state index in [1.165, 1.54) is 31.2 Å². The van der Waals surface area contributed by atoms with Crippen LogP contribution in [-0.2, 0) is 19.7 Å². The number of hydrogen-bond donors (Lipinski definition) is 0. The molecule has 1 aliphatic heterocycles. The van der Waals surface area contributed by atoms with E-state index in [9.17, 15) is 26.0 Å². The van der Waals surface area contributed by atoms with Crippen molar-refractivity contribution >= 4 is 36.8 Å². The highest BCUT2D eigenvalue weighted by Crippen LogP contribution is 2.30. The Hall–Kier alpha value is -2.46. The van der Waals surface area contributed by atoms with E-state index in [-0.39, 0.29) is 15.6 Å². The third-order valence-corrected chi connectivity index (χ3v) is 7.31. The number of sulfone groups is 2. The van der Waals surface area contributed by atoms with Gasteiger partial charge in [0.2, 0.25) is 0 Å². The molecule has 0 saturated carbocycles. The zero-order valence-corrected chi connectivity index (χ0v) is 18.6. The quantitative estimate of drug-likeness (QED) is 0.640. The lowest BCUT2D eigenvalue weighted by atomic mass is 10.1. The van der Waals surface area contributed by atoms with E-state index in [1.807, 2.05) is 9.80 Å². The van der Waals surface area contributed by atoms with Gasteiger partial charge in [-0.2, -0.15) is 0 Å². The van der Waals surface area contributed by atoms with Crippen molar-refractivity contribution in [3.63, 3.8) is 0 Å². The van der Waals surface area contributed by atoms with Gasteiger partial charge in [0.15, 0.2) is 25.5 Å². The first-order chi connectivity index (χ1) is 13.9. The van der Waals surface area contributed by atoms with Gasteiger partial charge in [0, 0.05) is 44.3 Å². The fraction of sp³-hybridized carbons (Fsp3) is 0.350. The molecule has 1 aliphatic rings. The number of anilines is 2. The van der Waals surface area contributed by atoms with E-state index in [0.717, 1.165) is 12.5 Å². The lowest BCUT2D eigenvalue weighted by Crippen LogP contribution is -2.47. The van der Waals surface area contributed by atoms with Gasteiger partial charge < -0.3 is 9.80 Å². The first kappa shape index (κ1) is 22.2. The van der Waals surface area contributed by atoms with E-state index >= 15 is 0 Å². The summed E-state index contributed by atoms with van der Waals surface area (Å²) in [7, 11) is -7.21. The molecule has 0 spiro atoms. The average molecular weight is 455 g/mol. The monoisotopic (exact) mass is 454 g/mol. The van der Waals surface area contributed by atoms with Crippen molar-refractivity contribution in [3.05, 3.63) is 47.8 Å². The molecule has 30 heavy (non-hydrogen) atoms. The van der Waals surface area contributed by atoms with Crippen LogP contribution in [0.15, 0.2) is 46.2 Å². The van der Waals surface area contributed by atoms with Crippen molar-refractivity contribution in [1.82, 2.24) is 0 Å². The molecule has 7 nitrogen and oxygen atoms in total. The minimum absolute atomic E-state index is 0.0455. The van der Waals surface area contributed by atoms with Crippen LogP contribution in [-0.4, -0.2) is 61.3 Å². The van der Waals surface area contributed by atoms with Gasteiger partial charge in [-0.15, -0.1) is 0 Å². The standard InChI is InChI=1S/C20H23FN2O5S2/c1-14(24)15-4-6-18(17(21)12-15)22-8-10-23(11-9-22)19-7-5-16(29(2,25)26)13-20(19)30(3,27)28/h4-7,12-13H,8-11H2,1-3H3. The zero-order valence-electron chi connectivity index (χ0n) is 16.9. The van der Waals surface area contributed by atoms with Gasteiger partial charge in [-0.05, 0) is 43.3 Å². The highest BCUT2D eigenvalue weighted by Gasteiger charge is 2.25. The molecule has 0 atom stereocenters. The van der Waals surface area contributed by atoms with Crippen LogP contribution in [0.1, 0.15) is 17.3 Å². The molecule has 1 saturated heterocycles. The molecule has 0 radical (unpaired) electrons. The second-order valence-electron chi connectivity index (χ2n) is 7.37. The number of nitrogens with zero attached hydrogens (tertiary/aromatic N) is 2. The summed E-state index contributed by atoms with van der Waals surface area (Å²) in [5, 5.41) is 0. The largest absolute Gasteiger partial charge is 0.367 e. The number of benzene rings is 2. The minimum atomic E-state index is -3.66. The molecule has 2 aromatic rings. The van der Waals surface area contributed by atoms with Crippen molar-refractivity contribution < 1.29 is 26.0 Å². The fourth-order valence-electron chi connectivity index (χ4n) is 3.45. The number of halogens is 1. The van der Waals surface area contributed by atoms with Crippen molar-refractivity contribution in [3.8, 4) is 0 Å². The number of carbonyl (C=O) groups excluding carboxylic acids is 1. The van der Waals surface area contributed by atoms with Crippen LogP contribution in [0.2, 0.25) is 0 Å². The van der Waals surface area contributed by atoms with Crippen LogP contribution in [0.4, 0.5) is 15.8 Å². The molecule has 1 fully saturated rings. The van der Waals surface area contributed by atoms with Gasteiger partial charge >= 0.3 is 0 Å². The second kappa shape index (κ2) is 7.99. The first-order valence-corrected chi connectivity index (χ1v) is 13.0. The Morgan fingerprint density at radius 1 is 0.833 bits per heavy atom. The highest BCUT2D eigenvalue weighted by atomic mass is 32.2. The summed E-state index contributed by atoms with van der Waals surface area (Å²) in [6.07, 6.45) is 2.07. The molecular formula is C20H23FN2O5S2. The summed E-state index contributed by atoms with van der Waals surface area (Å²) < 4.78 is 62.7. The lowest BCUT2D eigenvalue weighted by molar-refractivity contribution is 0.101.